The number of fused-ring (bicyclic) bond motifs is 3. The van der Waals surface area contributed by atoms with Gasteiger partial charge in [-0.3, -0.25) is 4.99 Å². The van der Waals surface area contributed by atoms with Gasteiger partial charge < -0.3 is 19.8 Å². The molecule has 0 spiro atoms. The van der Waals surface area contributed by atoms with E-state index >= 15 is 0 Å². The number of nitrogens with zero attached hydrogens (tertiary/aromatic N) is 3. The van der Waals surface area contributed by atoms with Crippen molar-refractivity contribution < 1.29 is 9.47 Å². The topological polar surface area (TPSA) is 74.7 Å². The van der Waals surface area contributed by atoms with Crippen LogP contribution >= 0.6 is 11.8 Å². The third-order valence-electron chi connectivity index (χ3n) is 6.07. The van der Waals surface area contributed by atoms with Crippen molar-refractivity contribution in [2.45, 2.75) is 18.9 Å². The van der Waals surface area contributed by atoms with Crippen molar-refractivity contribution >= 4 is 16.9 Å². The van der Waals surface area contributed by atoms with Crippen LogP contribution in [-0.4, -0.2) is 34.2 Å². The summed E-state index contributed by atoms with van der Waals surface area (Å²) < 4.78 is 13.4. The van der Waals surface area contributed by atoms with Crippen LogP contribution in [0.1, 0.15) is 18.9 Å². The molecule has 2 aliphatic rings. The van der Waals surface area contributed by atoms with Gasteiger partial charge in [0.2, 0.25) is 0 Å². The number of imidazole rings is 1. The number of hydrogen-bond acceptors (Lipinski definition) is 6. The number of hydrogen-bond donors (Lipinski definition) is 1. The van der Waals surface area contributed by atoms with Gasteiger partial charge in [-0.2, -0.15) is 0 Å². The van der Waals surface area contributed by atoms with E-state index in [4.69, 9.17) is 20.2 Å². The SMILES string of the molecule is COc1ccc(-c2cn(-c3ccc4c(c3)C3(C)N=C(N)SCC3CCO4)cn2)cc1. The number of amidine groups is 1. The van der Waals surface area contributed by atoms with Gasteiger partial charge in [0, 0.05) is 34.7 Å². The van der Waals surface area contributed by atoms with E-state index in [0.717, 1.165) is 46.2 Å². The largest absolute Gasteiger partial charge is 0.497 e. The lowest BCUT2D eigenvalue weighted by Gasteiger charge is -2.36. The highest BCUT2D eigenvalue weighted by Crippen LogP contribution is 2.47. The number of benzene rings is 2. The van der Waals surface area contributed by atoms with Crippen molar-refractivity contribution in [2.75, 3.05) is 19.5 Å². The monoisotopic (exact) mass is 420 g/mol. The van der Waals surface area contributed by atoms with E-state index < -0.39 is 0 Å². The molecular weight excluding hydrogens is 396 g/mol. The highest BCUT2D eigenvalue weighted by molar-refractivity contribution is 8.13. The molecule has 2 unspecified atom stereocenters. The van der Waals surface area contributed by atoms with Crippen LogP contribution in [0.4, 0.5) is 0 Å². The first kappa shape index (κ1) is 19.1. The molecule has 2 aliphatic heterocycles. The van der Waals surface area contributed by atoms with Gasteiger partial charge in [-0.05, 0) is 55.8 Å². The normalized spacial score (nSPS) is 22.9. The molecule has 5 rings (SSSR count). The van der Waals surface area contributed by atoms with Gasteiger partial charge in [0.05, 0.1) is 31.3 Å². The zero-order valence-electron chi connectivity index (χ0n) is 17.0. The molecule has 2 N–H and O–H groups in total. The fourth-order valence-electron chi connectivity index (χ4n) is 4.23. The first-order chi connectivity index (χ1) is 14.6. The van der Waals surface area contributed by atoms with Gasteiger partial charge in [0.25, 0.3) is 0 Å². The molecule has 30 heavy (non-hydrogen) atoms. The van der Waals surface area contributed by atoms with Crippen LogP contribution in [-0.2, 0) is 5.54 Å². The Hall–Kier alpha value is -2.93. The van der Waals surface area contributed by atoms with E-state index in [9.17, 15) is 0 Å². The fraction of sp³-hybridized carbons (Fsp3) is 0.304. The van der Waals surface area contributed by atoms with Gasteiger partial charge in [-0.25, -0.2) is 4.98 Å². The Kier molecular flexibility index (Phi) is 4.70. The molecule has 0 saturated carbocycles. The van der Waals surface area contributed by atoms with Gasteiger partial charge in [0.15, 0.2) is 5.17 Å². The molecule has 154 valence electrons. The second-order valence-corrected chi connectivity index (χ2v) is 8.86. The second-order valence-electron chi connectivity index (χ2n) is 7.82. The Bertz CT molecular complexity index is 1110. The average Bonchev–Trinajstić information content (AvgIpc) is 3.20. The summed E-state index contributed by atoms with van der Waals surface area (Å²) in [6.07, 6.45) is 4.85. The average molecular weight is 421 g/mol. The van der Waals surface area contributed by atoms with Crippen LogP contribution in [0, 0.1) is 5.92 Å². The molecule has 3 heterocycles. The lowest BCUT2D eigenvalue weighted by atomic mass is 9.79. The minimum atomic E-state index is -0.378. The van der Waals surface area contributed by atoms with Crippen LogP contribution in [0.3, 0.4) is 0 Å². The van der Waals surface area contributed by atoms with Crippen LogP contribution in [0.25, 0.3) is 16.9 Å². The summed E-state index contributed by atoms with van der Waals surface area (Å²) in [5, 5.41) is 0.649. The van der Waals surface area contributed by atoms with E-state index in [1.165, 1.54) is 0 Å². The van der Waals surface area contributed by atoms with Crippen LogP contribution in [0.15, 0.2) is 60.0 Å². The molecule has 0 bridgehead atoms. The van der Waals surface area contributed by atoms with Gasteiger partial charge in [-0.1, -0.05) is 11.8 Å². The van der Waals surface area contributed by atoms with Crippen molar-refractivity contribution in [2.24, 2.45) is 16.6 Å². The minimum Gasteiger partial charge on any atom is -0.497 e. The smallest absolute Gasteiger partial charge is 0.154 e. The third-order valence-corrected chi connectivity index (χ3v) is 7.02. The first-order valence-electron chi connectivity index (χ1n) is 10.0. The lowest BCUT2D eigenvalue weighted by molar-refractivity contribution is 0.271. The Balaban J connectivity index is 1.54. The molecule has 1 aromatic heterocycles. The number of rotatable bonds is 3. The number of nitrogens with two attached hydrogens (primary N) is 1. The van der Waals surface area contributed by atoms with Crippen LogP contribution in [0.5, 0.6) is 11.5 Å². The zero-order valence-corrected chi connectivity index (χ0v) is 17.9. The number of aliphatic imine (C=N–C) groups is 1. The summed E-state index contributed by atoms with van der Waals surface area (Å²) in [4.78, 5) is 9.48. The molecule has 7 heteroatoms. The Morgan fingerprint density at radius 2 is 2.07 bits per heavy atom. The number of ether oxygens (including phenoxy) is 2. The molecule has 0 fully saturated rings. The highest BCUT2D eigenvalue weighted by Gasteiger charge is 2.42. The maximum absolute atomic E-state index is 6.12. The molecule has 2 atom stereocenters. The van der Waals surface area contributed by atoms with E-state index in [1.54, 1.807) is 18.9 Å². The van der Waals surface area contributed by atoms with Crippen molar-refractivity contribution in [3.05, 3.63) is 60.6 Å². The van der Waals surface area contributed by atoms with Gasteiger partial charge in [-0.15, -0.1) is 0 Å². The third kappa shape index (κ3) is 3.23. The number of methoxy groups -OCH3 is 1. The molecule has 0 aliphatic carbocycles. The molecule has 0 amide bonds. The predicted molar refractivity (Wildman–Crippen MR) is 121 cm³/mol. The molecule has 2 aromatic carbocycles. The van der Waals surface area contributed by atoms with Crippen molar-refractivity contribution in [1.82, 2.24) is 9.55 Å². The lowest BCUT2D eigenvalue weighted by Crippen LogP contribution is -2.37. The molecular formula is C23H24N4O2S. The number of aromatic nitrogens is 2. The van der Waals surface area contributed by atoms with Gasteiger partial charge in [0.1, 0.15) is 11.5 Å². The standard InChI is InChI=1S/C23H24N4O2S/c1-23-16(13-30-22(24)26-23)9-10-29-21-8-5-17(11-19(21)23)27-12-20(25-14-27)15-3-6-18(28-2)7-4-15/h3-8,11-12,14,16H,9-10,13H2,1-2H3,(H2,24,26). The predicted octanol–water partition coefficient (Wildman–Crippen LogP) is 4.22. The molecule has 3 aromatic rings. The number of thioether (sulfide) groups is 1. The first-order valence-corrected chi connectivity index (χ1v) is 11.0. The van der Waals surface area contributed by atoms with Crippen LogP contribution in [0.2, 0.25) is 0 Å². The summed E-state index contributed by atoms with van der Waals surface area (Å²) in [5.74, 6) is 3.08. The Morgan fingerprint density at radius 3 is 2.87 bits per heavy atom. The summed E-state index contributed by atoms with van der Waals surface area (Å²) >= 11 is 1.64. The fourth-order valence-corrected chi connectivity index (χ4v) is 5.35. The van der Waals surface area contributed by atoms with Crippen molar-refractivity contribution in [3.8, 4) is 28.4 Å². The summed E-state index contributed by atoms with van der Waals surface area (Å²) in [7, 11) is 1.67. The molecule has 0 saturated heterocycles. The summed E-state index contributed by atoms with van der Waals surface area (Å²) in [6, 6.07) is 14.2. The van der Waals surface area contributed by atoms with E-state index in [1.807, 2.05) is 47.4 Å². The molecule has 0 radical (unpaired) electrons. The zero-order chi connectivity index (χ0) is 20.7. The van der Waals surface area contributed by atoms with Crippen molar-refractivity contribution in [1.29, 1.82) is 0 Å². The van der Waals surface area contributed by atoms with E-state index in [2.05, 4.69) is 24.0 Å². The summed E-state index contributed by atoms with van der Waals surface area (Å²) in [5.41, 5.74) is 9.81. The van der Waals surface area contributed by atoms with Crippen LogP contribution < -0.4 is 15.2 Å². The van der Waals surface area contributed by atoms with Crippen molar-refractivity contribution in [3.63, 3.8) is 0 Å². The Labute approximate surface area is 180 Å². The second kappa shape index (κ2) is 7.40. The van der Waals surface area contributed by atoms with Gasteiger partial charge >= 0.3 is 0 Å². The Morgan fingerprint density at radius 1 is 1.23 bits per heavy atom. The summed E-state index contributed by atoms with van der Waals surface area (Å²) in [6.45, 7) is 2.88. The maximum atomic E-state index is 6.12. The quantitative estimate of drug-likeness (QED) is 0.687. The maximum Gasteiger partial charge on any atom is 0.154 e. The van der Waals surface area contributed by atoms with E-state index in [-0.39, 0.29) is 5.54 Å². The highest BCUT2D eigenvalue weighted by atomic mass is 32.2. The van der Waals surface area contributed by atoms with E-state index in [0.29, 0.717) is 17.7 Å². The minimum absolute atomic E-state index is 0.378. The molecule has 6 nitrogen and oxygen atoms in total.